The van der Waals surface area contributed by atoms with Gasteiger partial charge in [-0.25, -0.2) is 4.79 Å². The molecule has 15 heavy (non-hydrogen) atoms. The van der Waals surface area contributed by atoms with Gasteiger partial charge in [0.1, 0.15) is 0 Å². The van der Waals surface area contributed by atoms with E-state index >= 15 is 0 Å². The molecule has 0 bridgehead atoms. The molecule has 0 saturated heterocycles. The highest BCUT2D eigenvalue weighted by Gasteiger charge is 2.09. The van der Waals surface area contributed by atoms with E-state index in [1.54, 1.807) is 0 Å². The molecule has 6 nitrogen and oxygen atoms in total. The third kappa shape index (κ3) is 7.24. The van der Waals surface area contributed by atoms with Gasteiger partial charge in [-0.3, -0.25) is 9.59 Å². The van der Waals surface area contributed by atoms with Crippen LogP contribution in [0.1, 0.15) is 13.3 Å². The number of hydrogen-bond acceptors (Lipinski definition) is 3. The molecule has 0 aromatic carbocycles. The zero-order valence-electron chi connectivity index (χ0n) is 8.27. The van der Waals surface area contributed by atoms with Crippen molar-refractivity contribution < 1.29 is 24.6 Å². The van der Waals surface area contributed by atoms with Gasteiger partial charge in [0.2, 0.25) is 5.91 Å². The number of aliphatic carboxylic acids is 2. The molecule has 84 valence electrons. The van der Waals surface area contributed by atoms with Crippen LogP contribution in [0.25, 0.3) is 0 Å². The summed E-state index contributed by atoms with van der Waals surface area (Å²) in [4.78, 5) is 31.3. The second-order valence-corrected chi connectivity index (χ2v) is 2.99. The number of carboxylic acids is 2. The van der Waals surface area contributed by atoms with Crippen LogP contribution in [0.15, 0.2) is 12.2 Å². The number of rotatable bonds is 6. The Kier molecular flexibility index (Phi) is 5.77. The summed E-state index contributed by atoms with van der Waals surface area (Å²) in [5.74, 6) is -3.21. The summed E-state index contributed by atoms with van der Waals surface area (Å²) in [5.41, 5.74) is 0. The minimum atomic E-state index is -1.20. The van der Waals surface area contributed by atoms with Crippen LogP contribution in [0.4, 0.5) is 0 Å². The van der Waals surface area contributed by atoms with Gasteiger partial charge in [0.25, 0.3) is 0 Å². The molecule has 0 spiro atoms. The number of carboxylic acid groups (broad SMARTS) is 2. The molecule has 0 aliphatic rings. The van der Waals surface area contributed by atoms with Crippen LogP contribution in [0, 0.1) is 5.92 Å². The Balaban J connectivity index is 3.73. The third-order valence-corrected chi connectivity index (χ3v) is 1.68. The van der Waals surface area contributed by atoms with Crippen molar-refractivity contribution in [1.29, 1.82) is 0 Å². The van der Waals surface area contributed by atoms with Crippen LogP contribution in [-0.2, 0) is 14.4 Å². The number of hydrogen-bond donors (Lipinski definition) is 3. The number of amides is 1. The molecule has 6 heteroatoms. The fourth-order valence-corrected chi connectivity index (χ4v) is 0.741. The summed E-state index contributed by atoms with van der Waals surface area (Å²) in [5, 5.41) is 19.1. The van der Waals surface area contributed by atoms with E-state index in [-0.39, 0.29) is 6.54 Å². The molecule has 0 aromatic heterocycles. The Morgan fingerprint density at radius 2 is 1.87 bits per heavy atom. The molecule has 1 atom stereocenters. The molecular formula is C9H13NO5. The average molecular weight is 215 g/mol. The van der Waals surface area contributed by atoms with Crippen molar-refractivity contribution in [2.75, 3.05) is 6.54 Å². The third-order valence-electron chi connectivity index (χ3n) is 1.68. The van der Waals surface area contributed by atoms with E-state index in [0.29, 0.717) is 6.42 Å². The Hall–Kier alpha value is -1.85. The SMILES string of the molecule is CC(CCNC(=O)/C=C\C(=O)O)C(=O)O. The lowest BCUT2D eigenvalue weighted by atomic mass is 10.1. The molecule has 0 saturated carbocycles. The fraction of sp³-hybridized carbons (Fsp3) is 0.444. The van der Waals surface area contributed by atoms with Crippen molar-refractivity contribution in [1.82, 2.24) is 5.32 Å². The van der Waals surface area contributed by atoms with Gasteiger partial charge in [-0.05, 0) is 6.42 Å². The highest BCUT2D eigenvalue weighted by atomic mass is 16.4. The summed E-state index contributed by atoms with van der Waals surface area (Å²) >= 11 is 0. The smallest absolute Gasteiger partial charge is 0.328 e. The van der Waals surface area contributed by atoms with E-state index in [1.165, 1.54) is 6.92 Å². The van der Waals surface area contributed by atoms with Gasteiger partial charge < -0.3 is 15.5 Å². The minimum absolute atomic E-state index is 0.205. The van der Waals surface area contributed by atoms with Crippen LogP contribution in [0.3, 0.4) is 0 Å². The van der Waals surface area contributed by atoms with E-state index in [9.17, 15) is 14.4 Å². The normalized spacial score (nSPS) is 12.3. The molecule has 0 aromatic rings. The molecule has 0 rings (SSSR count). The molecule has 1 unspecified atom stereocenters. The van der Waals surface area contributed by atoms with Crippen LogP contribution >= 0.6 is 0 Å². The first-order chi connectivity index (χ1) is 6.93. The van der Waals surface area contributed by atoms with Crippen molar-refractivity contribution in [2.45, 2.75) is 13.3 Å². The largest absolute Gasteiger partial charge is 0.481 e. The lowest BCUT2D eigenvalue weighted by molar-refractivity contribution is -0.141. The summed E-state index contributed by atoms with van der Waals surface area (Å²) in [6, 6.07) is 0. The molecular weight excluding hydrogens is 202 g/mol. The zero-order chi connectivity index (χ0) is 11.8. The van der Waals surface area contributed by atoms with E-state index in [1.807, 2.05) is 0 Å². The van der Waals surface area contributed by atoms with Gasteiger partial charge >= 0.3 is 11.9 Å². The lowest BCUT2D eigenvalue weighted by Crippen LogP contribution is -2.25. The van der Waals surface area contributed by atoms with Crippen LogP contribution in [-0.4, -0.2) is 34.6 Å². The second-order valence-electron chi connectivity index (χ2n) is 2.99. The predicted octanol–water partition coefficient (Wildman–Crippen LogP) is -0.146. The van der Waals surface area contributed by atoms with Gasteiger partial charge in [-0.1, -0.05) is 6.92 Å². The minimum Gasteiger partial charge on any atom is -0.481 e. The number of carbonyl (C=O) groups is 3. The van der Waals surface area contributed by atoms with E-state index in [0.717, 1.165) is 12.2 Å². The van der Waals surface area contributed by atoms with Crippen molar-refractivity contribution in [3.05, 3.63) is 12.2 Å². The summed E-state index contributed by atoms with van der Waals surface area (Å²) < 4.78 is 0. The van der Waals surface area contributed by atoms with Crippen LogP contribution in [0.5, 0.6) is 0 Å². The Bertz CT molecular complexity index is 284. The first-order valence-electron chi connectivity index (χ1n) is 4.35. The molecule has 0 aliphatic carbocycles. The first kappa shape index (κ1) is 13.2. The molecule has 3 N–H and O–H groups in total. The van der Waals surface area contributed by atoms with Gasteiger partial charge in [0.05, 0.1) is 5.92 Å². The first-order valence-corrected chi connectivity index (χ1v) is 4.35. The standard InChI is InChI=1S/C9H13NO5/c1-6(9(14)15)4-5-10-7(11)2-3-8(12)13/h2-3,6H,4-5H2,1H3,(H,10,11)(H,12,13)(H,14,15)/b3-2-. The van der Waals surface area contributed by atoms with E-state index in [4.69, 9.17) is 10.2 Å². The predicted molar refractivity (Wildman–Crippen MR) is 51.2 cm³/mol. The van der Waals surface area contributed by atoms with Crippen molar-refractivity contribution >= 4 is 17.8 Å². The Morgan fingerprint density at radius 3 is 2.33 bits per heavy atom. The summed E-state index contributed by atoms with van der Waals surface area (Å²) in [6.45, 7) is 1.73. The van der Waals surface area contributed by atoms with Gasteiger partial charge in [0, 0.05) is 18.7 Å². The van der Waals surface area contributed by atoms with Crippen molar-refractivity contribution in [2.24, 2.45) is 5.92 Å². The maximum atomic E-state index is 10.9. The van der Waals surface area contributed by atoms with E-state index < -0.39 is 23.8 Å². The quantitative estimate of drug-likeness (QED) is 0.535. The van der Waals surface area contributed by atoms with Gasteiger partial charge in [0.15, 0.2) is 0 Å². The summed E-state index contributed by atoms with van der Waals surface area (Å²) in [7, 11) is 0. The highest BCUT2D eigenvalue weighted by molar-refractivity contribution is 5.93. The van der Waals surface area contributed by atoms with Gasteiger partial charge in [-0.2, -0.15) is 0 Å². The molecule has 0 heterocycles. The zero-order valence-corrected chi connectivity index (χ0v) is 8.27. The van der Waals surface area contributed by atoms with Crippen molar-refractivity contribution in [3.8, 4) is 0 Å². The monoisotopic (exact) mass is 215 g/mol. The van der Waals surface area contributed by atoms with Crippen LogP contribution < -0.4 is 5.32 Å². The molecule has 1 amide bonds. The number of nitrogens with one attached hydrogen (secondary N) is 1. The topological polar surface area (TPSA) is 104 Å². The lowest BCUT2D eigenvalue weighted by Gasteiger charge is -2.05. The van der Waals surface area contributed by atoms with Crippen molar-refractivity contribution in [3.63, 3.8) is 0 Å². The molecule has 0 fully saturated rings. The Morgan fingerprint density at radius 1 is 1.27 bits per heavy atom. The number of carbonyl (C=O) groups excluding carboxylic acids is 1. The molecule has 0 aliphatic heterocycles. The average Bonchev–Trinajstić information content (AvgIpc) is 2.14. The van der Waals surface area contributed by atoms with Gasteiger partial charge in [-0.15, -0.1) is 0 Å². The highest BCUT2D eigenvalue weighted by Crippen LogP contribution is 1.99. The maximum Gasteiger partial charge on any atom is 0.328 e. The molecule has 0 radical (unpaired) electrons. The maximum absolute atomic E-state index is 10.9. The second kappa shape index (κ2) is 6.58. The van der Waals surface area contributed by atoms with E-state index in [2.05, 4.69) is 5.32 Å². The van der Waals surface area contributed by atoms with Crippen LogP contribution in [0.2, 0.25) is 0 Å². The fourth-order valence-electron chi connectivity index (χ4n) is 0.741. The summed E-state index contributed by atoms with van der Waals surface area (Å²) in [6.07, 6.45) is 1.91. The Labute approximate surface area is 86.6 Å².